The van der Waals surface area contributed by atoms with Gasteiger partial charge in [-0.25, -0.2) is 4.79 Å². The van der Waals surface area contributed by atoms with Crippen molar-refractivity contribution in [1.29, 1.82) is 0 Å². The fraction of sp³-hybridized carbons (Fsp3) is 0.429. The summed E-state index contributed by atoms with van der Waals surface area (Å²) < 4.78 is 6.02. The van der Waals surface area contributed by atoms with Gasteiger partial charge in [0.15, 0.2) is 0 Å². The Morgan fingerprint density at radius 3 is 2.65 bits per heavy atom. The van der Waals surface area contributed by atoms with E-state index in [2.05, 4.69) is 15.2 Å². The summed E-state index contributed by atoms with van der Waals surface area (Å²) in [4.78, 5) is 28.2. The number of ether oxygens (including phenoxy) is 1. The topological polar surface area (TPSA) is 147 Å². The van der Waals surface area contributed by atoms with Crippen molar-refractivity contribution in [2.24, 2.45) is 17.4 Å². The molecule has 1 fully saturated rings. The smallest absolute Gasteiger partial charge is 0.317 e. The molecule has 1 aliphatic rings. The molecule has 10 heteroatoms. The molecule has 0 spiro atoms. The van der Waals surface area contributed by atoms with Crippen LogP contribution in [0.15, 0.2) is 24.3 Å². The second-order valence-corrected chi connectivity index (χ2v) is 8.17. The van der Waals surface area contributed by atoms with E-state index in [1.165, 1.54) is 6.07 Å². The molecule has 2 heterocycles. The van der Waals surface area contributed by atoms with Gasteiger partial charge in [0.25, 0.3) is 5.91 Å². The fourth-order valence-electron chi connectivity index (χ4n) is 3.80. The average Bonchev–Trinajstić information content (AvgIpc) is 3.12. The third-order valence-electron chi connectivity index (χ3n) is 5.54. The normalized spacial score (nSPS) is 16.1. The summed E-state index contributed by atoms with van der Waals surface area (Å²) in [5.41, 5.74) is 11.8. The molecule has 1 unspecified atom stereocenters. The van der Waals surface area contributed by atoms with E-state index in [0.717, 1.165) is 32.5 Å². The quantitative estimate of drug-likeness (QED) is 0.419. The SMILES string of the molecule is CC(O)C1CCN(CCOc2ccc(Cl)cc2-c2cc(C(N)=O)c(NC(N)=O)[nH]2)CC1. The van der Waals surface area contributed by atoms with Crippen LogP contribution in [-0.2, 0) is 0 Å². The minimum Gasteiger partial charge on any atom is -0.492 e. The van der Waals surface area contributed by atoms with E-state index in [1.54, 1.807) is 18.2 Å². The maximum Gasteiger partial charge on any atom is 0.317 e. The number of piperidine rings is 1. The molecular formula is C21H28ClN5O4. The lowest BCUT2D eigenvalue weighted by Crippen LogP contribution is -2.39. The Labute approximate surface area is 185 Å². The molecule has 0 saturated carbocycles. The van der Waals surface area contributed by atoms with Crippen molar-refractivity contribution in [3.63, 3.8) is 0 Å². The zero-order chi connectivity index (χ0) is 22.5. The number of anilines is 1. The highest BCUT2D eigenvalue weighted by atomic mass is 35.5. The van der Waals surface area contributed by atoms with Gasteiger partial charge < -0.3 is 26.3 Å². The number of amides is 3. The summed E-state index contributed by atoms with van der Waals surface area (Å²) in [6.07, 6.45) is 1.67. The number of carbonyl (C=O) groups is 2. The number of halogens is 1. The molecule has 31 heavy (non-hydrogen) atoms. The van der Waals surface area contributed by atoms with Crippen LogP contribution in [0.1, 0.15) is 30.1 Å². The van der Waals surface area contributed by atoms with Crippen molar-refractivity contribution in [2.75, 3.05) is 31.6 Å². The molecular weight excluding hydrogens is 422 g/mol. The number of rotatable bonds is 8. The standard InChI is InChI=1S/C21H28ClN5O4/c1-12(28)13-4-6-27(7-5-13)8-9-31-18-3-2-14(22)10-15(18)17-11-16(19(23)29)20(25-17)26-21(24)30/h2-3,10-13,25,28H,4-9H2,1H3,(H2,23,29)(H3,24,26,30). The van der Waals surface area contributed by atoms with Gasteiger partial charge in [0.1, 0.15) is 18.2 Å². The van der Waals surface area contributed by atoms with E-state index in [1.807, 2.05) is 6.92 Å². The molecule has 0 radical (unpaired) electrons. The van der Waals surface area contributed by atoms with Crippen molar-refractivity contribution in [3.8, 4) is 17.0 Å². The first kappa shape index (κ1) is 22.9. The Morgan fingerprint density at radius 1 is 1.32 bits per heavy atom. The fourth-order valence-corrected chi connectivity index (χ4v) is 3.97. The number of nitrogens with two attached hydrogens (primary N) is 2. The predicted molar refractivity (Wildman–Crippen MR) is 119 cm³/mol. The van der Waals surface area contributed by atoms with Gasteiger partial charge >= 0.3 is 6.03 Å². The van der Waals surface area contributed by atoms with Gasteiger partial charge in [0.2, 0.25) is 0 Å². The van der Waals surface area contributed by atoms with Crippen molar-refractivity contribution in [1.82, 2.24) is 9.88 Å². The third-order valence-corrected chi connectivity index (χ3v) is 5.78. The summed E-state index contributed by atoms with van der Waals surface area (Å²) >= 11 is 6.18. The van der Waals surface area contributed by atoms with Gasteiger partial charge in [0, 0.05) is 17.1 Å². The number of urea groups is 1. The van der Waals surface area contributed by atoms with Crippen LogP contribution in [0.5, 0.6) is 5.75 Å². The number of hydrogen-bond acceptors (Lipinski definition) is 5. The van der Waals surface area contributed by atoms with Crippen LogP contribution in [0.3, 0.4) is 0 Å². The third kappa shape index (κ3) is 5.90. The maximum atomic E-state index is 11.7. The number of nitrogens with one attached hydrogen (secondary N) is 2. The van der Waals surface area contributed by atoms with Crippen LogP contribution in [0, 0.1) is 5.92 Å². The summed E-state index contributed by atoms with van der Waals surface area (Å²) in [6.45, 7) is 4.91. The zero-order valence-electron chi connectivity index (χ0n) is 17.4. The molecule has 1 aromatic heterocycles. The summed E-state index contributed by atoms with van der Waals surface area (Å²) in [7, 11) is 0. The predicted octanol–water partition coefficient (Wildman–Crippen LogP) is 2.40. The lowest BCUT2D eigenvalue weighted by Gasteiger charge is -2.33. The van der Waals surface area contributed by atoms with Crippen molar-refractivity contribution in [2.45, 2.75) is 25.9 Å². The van der Waals surface area contributed by atoms with Gasteiger partial charge in [-0.05, 0) is 63.0 Å². The Kier molecular flexibility index (Phi) is 7.42. The number of aliphatic hydroxyl groups is 1. The highest BCUT2D eigenvalue weighted by Crippen LogP contribution is 2.34. The number of H-pyrrole nitrogens is 1. The molecule has 0 bridgehead atoms. The van der Waals surface area contributed by atoms with Crippen LogP contribution in [-0.4, -0.2) is 59.3 Å². The number of carbonyl (C=O) groups excluding carboxylic acids is 2. The first-order valence-corrected chi connectivity index (χ1v) is 10.5. The van der Waals surface area contributed by atoms with Gasteiger partial charge in [-0.2, -0.15) is 0 Å². The number of primary amides is 2. The van der Waals surface area contributed by atoms with Gasteiger partial charge in [-0.15, -0.1) is 0 Å². The lowest BCUT2D eigenvalue weighted by molar-refractivity contribution is 0.0672. The van der Waals surface area contributed by atoms with E-state index in [4.69, 9.17) is 27.8 Å². The molecule has 168 valence electrons. The van der Waals surface area contributed by atoms with E-state index in [-0.39, 0.29) is 17.5 Å². The number of nitrogens with zero attached hydrogens (tertiary/aromatic N) is 1. The maximum absolute atomic E-state index is 11.7. The minimum absolute atomic E-state index is 0.0979. The second kappa shape index (κ2) is 10.0. The van der Waals surface area contributed by atoms with Crippen molar-refractivity contribution in [3.05, 3.63) is 34.9 Å². The molecule has 0 aliphatic carbocycles. The number of benzene rings is 1. The molecule has 1 atom stereocenters. The van der Waals surface area contributed by atoms with E-state index in [0.29, 0.717) is 34.6 Å². The molecule has 1 aliphatic heterocycles. The Balaban J connectivity index is 1.71. The number of aliphatic hydroxyl groups excluding tert-OH is 1. The van der Waals surface area contributed by atoms with E-state index < -0.39 is 11.9 Å². The van der Waals surface area contributed by atoms with Crippen LogP contribution in [0.4, 0.5) is 10.6 Å². The molecule has 1 saturated heterocycles. The zero-order valence-corrected chi connectivity index (χ0v) is 18.1. The van der Waals surface area contributed by atoms with Crippen LogP contribution < -0.4 is 21.5 Å². The van der Waals surface area contributed by atoms with Gasteiger partial charge in [-0.3, -0.25) is 15.0 Å². The molecule has 3 amide bonds. The number of hydrogen-bond donors (Lipinski definition) is 5. The number of aromatic nitrogens is 1. The van der Waals surface area contributed by atoms with Crippen LogP contribution in [0.25, 0.3) is 11.3 Å². The van der Waals surface area contributed by atoms with Gasteiger partial charge in [-0.1, -0.05) is 11.6 Å². The Hall–Kier alpha value is -2.75. The second-order valence-electron chi connectivity index (χ2n) is 7.73. The summed E-state index contributed by atoms with van der Waals surface area (Å²) in [5.74, 6) is 0.333. The van der Waals surface area contributed by atoms with Crippen LogP contribution in [0.2, 0.25) is 5.02 Å². The molecule has 9 nitrogen and oxygen atoms in total. The minimum atomic E-state index is -0.821. The highest BCUT2D eigenvalue weighted by molar-refractivity contribution is 6.31. The number of aromatic amines is 1. The monoisotopic (exact) mass is 449 g/mol. The summed E-state index contributed by atoms with van der Waals surface area (Å²) in [5, 5.41) is 12.6. The highest BCUT2D eigenvalue weighted by Gasteiger charge is 2.23. The number of likely N-dealkylation sites (tertiary alicyclic amines) is 1. The average molecular weight is 450 g/mol. The van der Waals surface area contributed by atoms with Crippen LogP contribution >= 0.6 is 11.6 Å². The summed E-state index contributed by atoms with van der Waals surface area (Å²) in [6, 6.07) is 5.87. The van der Waals surface area contributed by atoms with Gasteiger partial charge in [0.05, 0.1) is 17.4 Å². The first-order chi connectivity index (χ1) is 14.7. The lowest BCUT2D eigenvalue weighted by atomic mass is 9.92. The molecule has 3 rings (SSSR count). The van der Waals surface area contributed by atoms with Crippen molar-refractivity contribution >= 4 is 29.4 Å². The molecule has 1 aromatic carbocycles. The largest absolute Gasteiger partial charge is 0.492 e. The Bertz CT molecular complexity index is 938. The molecule has 2 aromatic rings. The first-order valence-electron chi connectivity index (χ1n) is 10.2. The molecule has 7 N–H and O–H groups in total. The van der Waals surface area contributed by atoms with Crippen molar-refractivity contribution < 1.29 is 19.4 Å². The van der Waals surface area contributed by atoms with E-state index >= 15 is 0 Å². The Morgan fingerprint density at radius 2 is 2.03 bits per heavy atom. The van der Waals surface area contributed by atoms with E-state index in [9.17, 15) is 14.7 Å².